The molecule has 0 aliphatic carbocycles. The van der Waals surface area contributed by atoms with Crippen LogP contribution in [0.3, 0.4) is 0 Å². The fourth-order valence-electron chi connectivity index (χ4n) is 2.07. The van der Waals surface area contributed by atoms with Crippen LogP contribution in [0.1, 0.15) is 40.7 Å². The highest BCUT2D eigenvalue weighted by molar-refractivity contribution is 5.96. The summed E-state index contributed by atoms with van der Waals surface area (Å²) in [6.07, 6.45) is 1.13. The second kappa shape index (κ2) is 6.92. The van der Waals surface area contributed by atoms with Gasteiger partial charge in [0, 0.05) is 18.4 Å². The van der Waals surface area contributed by atoms with Crippen LogP contribution in [0.25, 0.3) is 0 Å². The van der Waals surface area contributed by atoms with Gasteiger partial charge in [-0.25, -0.2) is 0 Å². The Morgan fingerprint density at radius 3 is 2.11 bits per heavy atom. The minimum Gasteiger partial charge on any atom is -0.496 e. The van der Waals surface area contributed by atoms with E-state index in [1.807, 2.05) is 26.0 Å². The maximum atomic E-state index is 12.0. The summed E-state index contributed by atoms with van der Waals surface area (Å²) in [6, 6.07) is 3.65. The second-order valence-electron chi connectivity index (χ2n) is 4.50. The molecule has 0 aliphatic rings. The molecule has 19 heavy (non-hydrogen) atoms. The first-order valence-corrected chi connectivity index (χ1v) is 6.24. The number of rotatable bonds is 6. The third-order valence-corrected chi connectivity index (χ3v) is 3.00. The Morgan fingerprint density at radius 2 is 1.63 bits per heavy atom. The molecule has 0 saturated heterocycles. The number of carbonyl (C=O) groups excluding carboxylic acids is 2. The molecule has 0 N–H and O–H groups in total. The van der Waals surface area contributed by atoms with Gasteiger partial charge in [0.2, 0.25) is 0 Å². The number of benzene rings is 1. The third kappa shape index (κ3) is 4.09. The molecule has 0 fully saturated rings. The van der Waals surface area contributed by atoms with E-state index in [0.717, 1.165) is 16.9 Å². The summed E-state index contributed by atoms with van der Waals surface area (Å²) >= 11 is 0. The molecule has 0 amide bonds. The van der Waals surface area contributed by atoms with E-state index in [9.17, 15) is 9.59 Å². The fraction of sp³-hybridized carbons (Fsp3) is 0.467. The van der Waals surface area contributed by atoms with Crippen molar-refractivity contribution in [2.24, 2.45) is 0 Å². The van der Waals surface area contributed by atoms with Crippen molar-refractivity contribution in [2.45, 2.75) is 33.1 Å². The lowest BCUT2D eigenvalue weighted by molar-refractivity contribution is -0.140. The quantitative estimate of drug-likeness (QED) is 0.585. The van der Waals surface area contributed by atoms with E-state index in [-0.39, 0.29) is 18.2 Å². The molecule has 4 nitrogen and oxygen atoms in total. The summed E-state index contributed by atoms with van der Waals surface area (Å²) < 4.78 is 9.80. The first-order chi connectivity index (χ1) is 8.99. The number of esters is 1. The first-order valence-electron chi connectivity index (χ1n) is 6.24. The van der Waals surface area contributed by atoms with Crippen LogP contribution in [-0.4, -0.2) is 26.0 Å². The van der Waals surface area contributed by atoms with Crippen LogP contribution in [0.2, 0.25) is 0 Å². The van der Waals surface area contributed by atoms with Gasteiger partial charge < -0.3 is 9.47 Å². The van der Waals surface area contributed by atoms with Crippen molar-refractivity contribution >= 4 is 11.8 Å². The summed E-state index contributed by atoms with van der Waals surface area (Å²) in [4.78, 5) is 23.0. The molecule has 1 aromatic carbocycles. The zero-order chi connectivity index (χ0) is 14.4. The van der Waals surface area contributed by atoms with Gasteiger partial charge in [0.15, 0.2) is 5.78 Å². The molecule has 0 aromatic heterocycles. The van der Waals surface area contributed by atoms with Crippen LogP contribution in [0, 0.1) is 13.8 Å². The van der Waals surface area contributed by atoms with Crippen molar-refractivity contribution in [1.82, 2.24) is 0 Å². The molecule has 0 atom stereocenters. The van der Waals surface area contributed by atoms with E-state index in [1.54, 1.807) is 7.11 Å². The molecule has 0 spiro atoms. The summed E-state index contributed by atoms with van der Waals surface area (Å²) in [5, 5.41) is 0. The van der Waals surface area contributed by atoms with Gasteiger partial charge in [0.25, 0.3) is 0 Å². The molecule has 0 radical (unpaired) electrons. The van der Waals surface area contributed by atoms with Crippen LogP contribution in [0.15, 0.2) is 12.1 Å². The van der Waals surface area contributed by atoms with E-state index < -0.39 is 0 Å². The molecule has 1 aromatic rings. The summed E-state index contributed by atoms with van der Waals surface area (Å²) in [5.74, 6) is 0.568. The first kappa shape index (κ1) is 15.2. The molecular weight excluding hydrogens is 244 g/mol. The number of aryl methyl sites for hydroxylation is 2. The van der Waals surface area contributed by atoms with Crippen LogP contribution in [0.4, 0.5) is 0 Å². The van der Waals surface area contributed by atoms with E-state index >= 15 is 0 Å². The lowest BCUT2D eigenvalue weighted by Crippen LogP contribution is -2.05. The van der Waals surface area contributed by atoms with Crippen LogP contribution in [-0.2, 0) is 9.53 Å². The SMILES string of the molecule is COC(=O)CCCC(=O)c1cc(C)c(OC)c(C)c1. The fourth-order valence-corrected chi connectivity index (χ4v) is 2.07. The average molecular weight is 264 g/mol. The van der Waals surface area contributed by atoms with Crippen molar-refractivity contribution in [3.05, 3.63) is 28.8 Å². The van der Waals surface area contributed by atoms with E-state index in [0.29, 0.717) is 18.4 Å². The number of hydrogen-bond acceptors (Lipinski definition) is 4. The zero-order valence-electron chi connectivity index (χ0n) is 11.9. The highest BCUT2D eigenvalue weighted by Crippen LogP contribution is 2.25. The van der Waals surface area contributed by atoms with Gasteiger partial charge >= 0.3 is 5.97 Å². The molecule has 4 heteroatoms. The van der Waals surface area contributed by atoms with Crippen molar-refractivity contribution in [2.75, 3.05) is 14.2 Å². The lowest BCUT2D eigenvalue weighted by atomic mass is 10.00. The van der Waals surface area contributed by atoms with Crippen LogP contribution >= 0.6 is 0 Å². The predicted molar refractivity (Wildman–Crippen MR) is 72.7 cm³/mol. The summed E-state index contributed by atoms with van der Waals surface area (Å²) in [6.45, 7) is 3.83. The number of Topliss-reactive ketones (excluding diaryl/α,β-unsaturated/α-hetero) is 1. The van der Waals surface area contributed by atoms with Gasteiger partial charge in [-0.1, -0.05) is 0 Å². The van der Waals surface area contributed by atoms with Gasteiger partial charge in [-0.2, -0.15) is 0 Å². The Morgan fingerprint density at radius 1 is 1.05 bits per heavy atom. The summed E-state index contributed by atoms with van der Waals surface area (Å²) in [5.41, 5.74) is 2.55. The second-order valence-corrected chi connectivity index (χ2v) is 4.50. The van der Waals surface area contributed by atoms with Gasteiger partial charge in [0.1, 0.15) is 5.75 Å². The highest BCUT2D eigenvalue weighted by Gasteiger charge is 2.12. The molecule has 0 unspecified atom stereocenters. The number of ether oxygens (including phenoxy) is 2. The van der Waals surface area contributed by atoms with Crippen molar-refractivity contribution in [3.8, 4) is 5.75 Å². The number of hydrogen-bond donors (Lipinski definition) is 0. The van der Waals surface area contributed by atoms with Gasteiger partial charge in [0.05, 0.1) is 14.2 Å². The van der Waals surface area contributed by atoms with Gasteiger partial charge in [-0.05, 0) is 43.5 Å². The van der Waals surface area contributed by atoms with Crippen LogP contribution in [0.5, 0.6) is 5.75 Å². The predicted octanol–water partition coefficient (Wildman–Crippen LogP) is 2.84. The van der Waals surface area contributed by atoms with E-state index in [1.165, 1.54) is 7.11 Å². The zero-order valence-corrected chi connectivity index (χ0v) is 11.9. The maximum absolute atomic E-state index is 12.0. The lowest BCUT2D eigenvalue weighted by Gasteiger charge is -2.10. The number of methoxy groups -OCH3 is 2. The number of ketones is 1. The average Bonchev–Trinajstić information content (AvgIpc) is 2.37. The Bertz CT molecular complexity index is 454. The third-order valence-electron chi connectivity index (χ3n) is 3.00. The molecule has 0 saturated carbocycles. The Labute approximate surface area is 113 Å². The van der Waals surface area contributed by atoms with Gasteiger partial charge in [-0.15, -0.1) is 0 Å². The largest absolute Gasteiger partial charge is 0.496 e. The van der Waals surface area contributed by atoms with E-state index in [2.05, 4.69) is 4.74 Å². The van der Waals surface area contributed by atoms with Gasteiger partial charge in [-0.3, -0.25) is 9.59 Å². The molecule has 104 valence electrons. The minimum absolute atomic E-state index is 0.0396. The smallest absolute Gasteiger partial charge is 0.305 e. The Balaban J connectivity index is 2.70. The van der Waals surface area contributed by atoms with E-state index in [4.69, 9.17) is 4.74 Å². The van der Waals surface area contributed by atoms with Crippen LogP contribution < -0.4 is 4.74 Å². The molecular formula is C15H20O4. The Hall–Kier alpha value is -1.84. The molecule has 0 heterocycles. The monoisotopic (exact) mass is 264 g/mol. The molecule has 1 rings (SSSR count). The number of carbonyl (C=O) groups is 2. The molecule has 0 aliphatic heterocycles. The topological polar surface area (TPSA) is 52.6 Å². The standard InChI is InChI=1S/C15H20O4/c1-10-8-12(9-11(2)15(10)19-4)13(16)6-5-7-14(17)18-3/h8-9H,5-7H2,1-4H3. The van der Waals surface area contributed by atoms with Crippen molar-refractivity contribution < 1.29 is 19.1 Å². The maximum Gasteiger partial charge on any atom is 0.305 e. The highest BCUT2D eigenvalue weighted by atomic mass is 16.5. The Kier molecular flexibility index (Phi) is 5.55. The van der Waals surface area contributed by atoms with Crippen molar-refractivity contribution in [3.63, 3.8) is 0 Å². The minimum atomic E-state index is -0.283. The summed E-state index contributed by atoms with van der Waals surface area (Å²) in [7, 11) is 2.97. The normalized spacial score (nSPS) is 10.1. The molecule has 0 bridgehead atoms. The van der Waals surface area contributed by atoms with Crippen molar-refractivity contribution in [1.29, 1.82) is 0 Å².